The van der Waals surface area contributed by atoms with Gasteiger partial charge in [0.15, 0.2) is 0 Å². The maximum Gasteiger partial charge on any atom is 0.305 e. The molecule has 0 rings (SSSR count). The Morgan fingerprint density at radius 1 is 0.588 bits per heavy atom. The van der Waals surface area contributed by atoms with Gasteiger partial charge < -0.3 is 76.4 Å². The van der Waals surface area contributed by atoms with E-state index in [1.165, 1.54) is 0 Å². The summed E-state index contributed by atoms with van der Waals surface area (Å²) in [6.45, 7) is 6.85. The first-order valence-corrected chi connectivity index (χ1v) is 7.37. The van der Waals surface area contributed by atoms with Crippen LogP contribution in [0.4, 0.5) is 0 Å². The highest BCUT2D eigenvalue weighted by Crippen LogP contribution is 2.16. The van der Waals surface area contributed by atoms with Gasteiger partial charge in [-0.25, -0.2) is 0 Å². The van der Waals surface area contributed by atoms with Gasteiger partial charge in [0.25, 0.3) is 0 Å². The van der Waals surface area contributed by atoms with Gasteiger partial charge in [-0.05, 0) is 27.7 Å². The van der Waals surface area contributed by atoms with E-state index in [2.05, 4.69) is 20.2 Å². The Kier molecular flexibility index (Phi) is 61.7. The molecule has 0 aromatic rings. The topological polar surface area (TPSA) is 491 Å². The number of nitrogens with two attached hydrogens (primary N) is 2. The number of hydrogen-bond donors (Lipinski definition) is 4. The van der Waals surface area contributed by atoms with Crippen LogP contribution in [0.3, 0.4) is 0 Å². The van der Waals surface area contributed by atoms with Crippen LogP contribution in [0.5, 0.6) is 0 Å². The van der Waals surface area contributed by atoms with E-state index in [-0.39, 0.29) is 92.4 Å². The van der Waals surface area contributed by atoms with Crippen molar-refractivity contribution >= 4 is 23.6 Å². The Balaban J connectivity index is -0.0000000588. The molecule has 216 valence electrons. The van der Waals surface area contributed by atoms with E-state index in [1.54, 1.807) is 27.7 Å². The number of aliphatic carboxylic acids is 2. The number of azo groups is 1. The normalized spacial score (nSPS) is 10.0. The molecule has 0 radical (unpaired) electrons. The quantitative estimate of drug-likeness (QED) is 0.122. The van der Waals surface area contributed by atoms with Crippen molar-refractivity contribution in [3.8, 4) is 0 Å². The van der Waals surface area contributed by atoms with Crippen molar-refractivity contribution in [2.75, 3.05) is 13.1 Å². The molecule has 0 aromatic carbocycles. The van der Waals surface area contributed by atoms with Crippen molar-refractivity contribution in [1.82, 2.24) is 0 Å². The zero-order chi connectivity index (χ0) is 19.0. The fourth-order valence-corrected chi connectivity index (χ4v) is 1.28. The number of nitrogens with zero attached hydrogens (tertiary/aromatic N) is 4. The van der Waals surface area contributed by atoms with Crippen molar-refractivity contribution in [3.63, 3.8) is 0 Å². The van der Waals surface area contributed by atoms with Gasteiger partial charge in [0, 0.05) is 0 Å². The predicted octanol–water partition coefficient (Wildman–Crippen LogP) is -7.59. The lowest BCUT2D eigenvalue weighted by Crippen LogP contribution is -2.40. The standard InChI is InChI=1S/C14H26N6O4.10H2O/c1-13(2,11(15)17-7-5-9(21)22)19-20-14(3,4)12(16)18-8-6-10(23)24;;;;;;;;;;/h5-8H2,1-4H3,(H2,15,17)(H2,16,18)(H,21,22)(H,23,24);10*1H2. The Bertz CT molecular complexity index is 521. The van der Waals surface area contributed by atoms with Gasteiger partial charge in [0.2, 0.25) is 0 Å². The fraction of sp³-hybridized carbons (Fsp3) is 0.714. The van der Waals surface area contributed by atoms with Gasteiger partial charge in [0.1, 0.15) is 22.7 Å². The molecule has 34 heavy (non-hydrogen) atoms. The average Bonchev–Trinajstić information content (AvgIpc) is 2.44. The molecule has 0 aromatic heterocycles. The number of carboxylic acids is 2. The van der Waals surface area contributed by atoms with Crippen LogP contribution in [0.2, 0.25) is 0 Å². The summed E-state index contributed by atoms with van der Waals surface area (Å²) in [4.78, 5) is 28.9. The Hall–Kier alpha value is -2.92. The van der Waals surface area contributed by atoms with E-state index < -0.39 is 23.0 Å². The summed E-state index contributed by atoms with van der Waals surface area (Å²) in [6.07, 6.45) is -0.245. The summed E-state index contributed by atoms with van der Waals surface area (Å²) in [5.41, 5.74) is 9.80. The van der Waals surface area contributed by atoms with E-state index in [9.17, 15) is 9.59 Å². The minimum atomic E-state index is -0.961. The lowest BCUT2D eigenvalue weighted by atomic mass is 10.0. The van der Waals surface area contributed by atoms with E-state index in [4.69, 9.17) is 21.7 Å². The minimum absolute atomic E-state index is 0. The van der Waals surface area contributed by atoms with E-state index >= 15 is 0 Å². The summed E-state index contributed by atoms with van der Waals surface area (Å²) in [6, 6.07) is 0. The number of aliphatic imine (C=N–C) groups is 2. The second-order valence-electron chi connectivity index (χ2n) is 6.14. The van der Waals surface area contributed by atoms with Gasteiger partial charge in [-0.15, -0.1) is 0 Å². The molecule has 0 heterocycles. The second kappa shape index (κ2) is 30.1. The van der Waals surface area contributed by atoms with Crippen LogP contribution in [0.25, 0.3) is 0 Å². The van der Waals surface area contributed by atoms with Crippen LogP contribution in [-0.4, -0.2) is 113 Å². The van der Waals surface area contributed by atoms with Gasteiger partial charge in [-0.1, -0.05) is 0 Å². The first kappa shape index (κ1) is 69.7. The first-order valence-electron chi connectivity index (χ1n) is 7.37. The third-order valence-electron chi connectivity index (χ3n) is 3.02. The zero-order valence-corrected chi connectivity index (χ0v) is 19.5. The van der Waals surface area contributed by atoms with Gasteiger partial charge in [-0.3, -0.25) is 19.6 Å². The number of amidine groups is 2. The van der Waals surface area contributed by atoms with E-state index in [0.29, 0.717) is 0 Å². The van der Waals surface area contributed by atoms with Crippen LogP contribution in [0.15, 0.2) is 20.2 Å². The molecule has 0 spiro atoms. The highest BCUT2D eigenvalue weighted by Gasteiger charge is 2.27. The maximum absolute atomic E-state index is 10.5. The maximum atomic E-state index is 10.5. The first-order chi connectivity index (χ1) is 10.9. The van der Waals surface area contributed by atoms with Crippen LogP contribution in [-0.2, 0) is 9.59 Å². The number of hydrogen-bond acceptors (Lipinski definition) is 6. The van der Waals surface area contributed by atoms with Crippen molar-refractivity contribution in [3.05, 3.63) is 0 Å². The summed E-state index contributed by atoms with van der Waals surface area (Å²) in [5.74, 6) is -1.61. The van der Waals surface area contributed by atoms with E-state index in [1.807, 2.05) is 0 Å². The largest absolute Gasteiger partial charge is 0.481 e. The van der Waals surface area contributed by atoms with Crippen molar-refractivity contribution < 1.29 is 74.6 Å². The monoisotopic (exact) mass is 522 g/mol. The van der Waals surface area contributed by atoms with Crippen LogP contribution in [0.1, 0.15) is 40.5 Å². The molecule has 0 fully saturated rings. The average molecular weight is 523 g/mol. The van der Waals surface area contributed by atoms with Crippen molar-refractivity contribution in [2.45, 2.75) is 51.6 Å². The Morgan fingerprint density at radius 2 is 0.794 bits per heavy atom. The SMILES string of the molecule is CC(C)(N=NC(C)(C)C(N)=NCCC(=O)O)C(N)=NCCC(=O)O.O.O.O.O.O.O.O.O.O.O. The molecule has 0 saturated heterocycles. The molecular formula is C14H46N6O14. The van der Waals surface area contributed by atoms with Gasteiger partial charge >= 0.3 is 11.9 Å². The fourth-order valence-electron chi connectivity index (χ4n) is 1.28. The van der Waals surface area contributed by atoms with Crippen molar-refractivity contribution in [1.29, 1.82) is 0 Å². The van der Waals surface area contributed by atoms with Crippen molar-refractivity contribution in [2.24, 2.45) is 31.7 Å². The zero-order valence-electron chi connectivity index (χ0n) is 19.5. The number of rotatable bonds is 10. The minimum Gasteiger partial charge on any atom is -0.481 e. The molecular weight excluding hydrogens is 476 g/mol. The lowest BCUT2D eigenvalue weighted by molar-refractivity contribution is -0.137. The van der Waals surface area contributed by atoms with E-state index in [0.717, 1.165) is 0 Å². The summed E-state index contributed by atoms with van der Waals surface area (Å²) in [7, 11) is 0. The summed E-state index contributed by atoms with van der Waals surface area (Å²) >= 11 is 0. The number of carboxylic acid groups (broad SMARTS) is 2. The molecule has 0 bridgehead atoms. The van der Waals surface area contributed by atoms with Gasteiger partial charge in [-0.2, -0.15) is 10.2 Å². The molecule has 20 heteroatoms. The third kappa shape index (κ3) is 29.1. The molecule has 0 aliphatic heterocycles. The van der Waals surface area contributed by atoms with Crippen LogP contribution >= 0.6 is 0 Å². The molecule has 0 aliphatic carbocycles. The molecule has 0 saturated carbocycles. The molecule has 26 N–H and O–H groups in total. The lowest BCUT2D eigenvalue weighted by Gasteiger charge is -2.22. The second-order valence-corrected chi connectivity index (χ2v) is 6.14. The highest BCUT2D eigenvalue weighted by atomic mass is 16.4. The Morgan fingerprint density at radius 3 is 0.971 bits per heavy atom. The predicted molar refractivity (Wildman–Crippen MR) is 127 cm³/mol. The summed E-state index contributed by atoms with van der Waals surface area (Å²) < 4.78 is 0. The third-order valence-corrected chi connectivity index (χ3v) is 3.02. The van der Waals surface area contributed by atoms with Gasteiger partial charge in [0.05, 0.1) is 25.9 Å². The summed E-state index contributed by atoms with van der Waals surface area (Å²) in [5, 5.41) is 25.4. The molecule has 0 unspecified atom stereocenters. The highest BCUT2D eigenvalue weighted by molar-refractivity contribution is 5.90. The van der Waals surface area contributed by atoms with Crippen LogP contribution < -0.4 is 11.5 Å². The smallest absolute Gasteiger partial charge is 0.305 e. The molecule has 0 amide bonds. The Labute approximate surface area is 195 Å². The number of carbonyl (C=O) groups is 2. The molecule has 0 atom stereocenters. The molecule has 0 aliphatic rings. The molecule has 20 nitrogen and oxygen atoms in total. The van der Waals surface area contributed by atoms with Crippen LogP contribution in [0, 0.1) is 0 Å².